The SMILES string of the molecule is CC(C)(CS)Cn1cnc2sccc2c1=O. The summed E-state index contributed by atoms with van der Waals surface area (Å²) in [6.45, 7) is 4.82. The molecule has 0 bridgehead atoms. The zero-order valence-corrected chi connectivity index (χ0v) is 11.0. The van der Waals surface area contributed by atoms with Gasteiger partial charge in [0, 0.05) is 6.54 Å². The van der Waals surface area contributed by atoms with E-state index in [0.29, 0.717) is 11.9 Å². The Bertz CT molecular complexity index is 556. The Balaban J connectivity index is 2.46. The molecular weight excluding hydrogens is 240 g/mol. The van der Waals surface area contributed by atoms with Gasteiger partial charge in [0.15, 0.2) is 0 Å². The number of aromatic nitrogens is 2. The second-order valence-electron chi connectivity index (χ2n) is 4.64. The molecule has 5 heteroatoms. The van der Waals surface area contributed by atoms with Crippen molar-refractivity contribution in [3.63, 3.8) is 0 Å². The van der Waals surface area contributed by atoms with Crippen LogP contribution in [0.5, 0.6) is 0 Å². The smallest absolute Gasteiger partial charge is 0.262 e. The van der Waals surface area contributed by atoms with Crippen LogP contribution >= 0.6 is 24.0 Å². The van der Waals surface area contributed by atoms with Crippen LogP contribution in [0.1, 0.15) is 13.8 Å². The molecule has 3 nitrogen and oxygen atoms in total. The molecule has 2 heterocycles. The van der Waals surface area contributed by atoms with Gasteiger partial charge in [-0.15, -0.1) is 11.3 Å². The predicted octanol–water partition coefficient (Wildman–Crippen LogP) is 2.41. The van der Waals surface area contributed by atoms with Crippen molar-refractivity contribution in [1.82, 2.24) is 9.55 Å². The summed E-state index contributed by atoms with van der Waals surface area (Å²) in [5, 5.41) is 2.61. The topological polar surface area (TPSA) is 34.9 Å². The number of hydrogen-bond acceptors (Lipinski definition) is 4. The minimum atomic E-state index is -0.00167. The van der Waals surface area contributed by atoms with Gasteiger partial charge in [-0.05, 0) is 22.6 Å². The van der Waals surface area contributed by atoms with Crippen LogP contribution in [0, 0.1) is 5.41 Å². The number of rotatable bonds is 3. The minimum absolute atomic E-state index is 0.00167. The third-order valence-corrected chi connectivity index (χ3v) is 4.15. The fourth-order valence-electron chi connectivity index (χ4n) is 1.52. The molecule has 0 saturated heterocycles. The van der Waals surface area contributed by atoms with Gasteiger partial charge >= 0.3 is 0 Å². The number of thiol groups is 1. The van der Waals surface area contributed by atoms with E-state index < -0.39 is 0 Å². The lowest BCUT2D eigenvalue weighted by molar-refractivity contribution is 0.346. The molecule has 16 heavy (non-hydrogen) atoms. The lowest BCUT2D eigenvalue weighted by Crippen LogP contribution is -2.29. The number of thiophene rings is 1. The van der Waals surface area contributed by atoms with E-state index in [2.05, 4.69) is 31.5 Å². The summed E-state index contributed by atoms with van der Waals surface area (Å²) >= 11 is 5.79. The highest BCUT2D eigenvalue weighted by Crippen LogP contribution is 2.19. The summed E-state index contributed by atoms with van der Waals surface area (Å²) in [7, 11) is 0. The van der Waals surface area contributed by atoms with Crippen molar-refractivity contribution >= 4 is 34.2 Å². The molecule has 0 N–H and O–H groups in total. The highest BCUT2D eigenvalue weighted by atomic mass is 32.1. The van der Waals surface area contributed by atoms with E-state index in [1.807, 2.05) is 11.4 Å². The first-order chi connectivity index (χ1) is 7.53. The molecule has 0 atom stereocenters. The molecule has 0 aliphatic rings. The molecular formula is C11H14N2OS2. The largest absolute Gasteiger partial charge is 0.298 e. The summed E-state index contributed by atoms with van der Waals surface area (Å²) in [4.78, 5) is 17.2. The maximum Gasteiger partial charge on any atom is 0.262 e. The minimum Gasteiger partial charge on any atom is -0.298 e. The molecule has 2 aromatic rings. The van der Waals surface area contributed by atoms with Crippen molar-refractivity contribution in [3.05, 3.63) is 28.1 Å². The highest BCUT2D eigenvalue weighted by Gasteiger charge is 2.18. The van der Waals surface area contributed by atoms with Crippen LogP contribution in [-0.4, -0.2) is 15.3 Å². The zero-order valence-electron chi connectivity index (χ0n) is 9.30. The van der Waals surface area contributed by atoms with Gasteiger partial charge in [0.2, 0.25) is 0 Å². The van der Waals surface area contributed by atoms with Crippen molar-refractivity contribution in [3.8, 4) is 0 Å². The van der Waals surface area contributed by atoms with Gasteiger partial charge in [-0.3, -0.25) is 9.36 Å². The van der Waals surface area contributed by atoms with E-state index in [9.17, 15) is 4.79 Å². The first kappa shape index (κ1) is 11.7. The monoisotopic (exact) mass is 254 g/mol. The van der Waals surface area contributed by atoms with E-state index in [0.717, 1.165) is 10.6 Å². The molecule has 0 aliphatic carbocycles. The van der Waals surface area contributed by atoms with Gasteiger partial charge in [0.25, 0.3) is 5.56 Å². The van der Waals surface area contributed by atoms with Crippen LogP contribution in [0.25, 0.3) is 10.2 Å². The average molecular weight is 254 g/mol. The van der Waals surface area contributed by atoms with Gasteiger partial charge in [-0.25, -0.2) is 4.98 Å². The van der Waals surface area contributed by atoms with Crippen LogP contribution in [-0.2, 0) is 6.54 Å². The second kappa shape index (κ2) is 4.22. The van der Waals surface area contributed by atoms with E-state index in [-0.39, 0.29) is 11.0 Å². The van der Waals surface area contributed by atoms with Crippen LogP contribution in [0.15, 0.2) is 22.6 Å². The standard InChI is InChI=1S/C11H14N2OS2/c1-11(2,6-15)5-13-7-12-9-8(10(13)14)3-4-16-9/h3-4,7,15H,5-6H2,1-2H3. The first-order valence-electron chi connectivity index (χ1n) is 5.07. The van der Waals surface area contributed by atoms with Crippen molar-refractivity contribution in [2.75, 3.05) is 5.75 Å². The lowest BCUT2D eigenvalue weighted by Gasteiger charge is -2.22. The van der Waals surface area contributed by atoms with Gasteiger partial charge in [-0.2, -0.15) is 12.6 Å². The van der Waals surface area contributed by atoms with Crippen LogP contribution in [0.2, 0.25) is 0 Å². The predicted molar refractivity (Wildman–Crippen MR) is 71.5 cm³/mol. The van der Waals surface area contributed by atoms with Crippen molar-refractivity contribution < 1.29 is 0 Å². The Morgan fingerprint density at radius 2 is 2.31 bits per heavy atom. The summed E-state index contributed by atoms with van der Waals surface area (Å²) in [5.74, 6) is 0.737. The quantitative estimate of drug-likeness (QED) is 0.854. The van der Waals surface area contributed by atoms with Crippen LogP contribution in [0.3, 0.4) is 0 Å². The van der Waals surface area contributed by atoms with Crippen LogP contribution in [0.4, 0.5) is 0 Å². The van der Waals surface area contributed by atoms with Crippen molar-refractivity contribution in [2.24, 2.45) is 5.41 Å². The molecule has 0 radical (unpaired) electrons. The molecule has 0 fully saturated rings. The van der Waals surface area contributed by atoms with E-state index in [1.165, 1.54) is 11.3 Å². The summed E-state index contributed by atoms with van der Waals surface area (Å²) in [5.41, 5.74) is 0.0410. The average Bonchev–Trinajstić information content (AvgIpc) is 2.71. The highest BCUT2D eigenvalue weighted by molar-refractivity contribution is 7.80. The van der Waals surface area contributed by atoms with Crippen molar-refractivity contribution in [1.29, 1.82) is 0 Å². The van der Waals surface area contributed by atoms with Gasteiger partial charge in [-0.1, -0.05) is 13.8 Å². The molecule has 2 aromatic heterocycles. The summed E-state index contributed by atoms with van der Waals surface area (Å²) in [6, 6.07) is 1.83. The van der Waals surface area contributed by atoms with E-state index >= 15 is 0 Å². The zero-order chi connectivity index (χ0) is 11.8. The van der Waals surface area contributed by atoms with E-state index in [4.69, 9.17) is 0 Å². The summed E-state index contributed by atoms with van der Waals surface area (Å²) in [6.07, 6.45) is 1.63. The fourth-order valence-corrected chi connectivity index (χ4v) is 2.34. The van der Waals surface area contributed by atoms with Gasteiger partial charge in [0.1, 0.15) is 4.83 Å². The number of hydrogen-bond donors (Lipinski definition) is 1. The molecule has 0 saturated carbocycles. The third kappa shape index (κ3) is 2.15. The maximum absolute atomic E-state index is 12.1. The molecule has 0 aliphatic heterocycles. The number of nitrogens with zero attached hydrogens (tertiary/aromatic N) is 2. The molecule has 0 aromatic carbocycles. The normalized spacial score (nSPS) is 12.2. The molecule has 0 spiro atoms. The Morgan fingerprint density at radius 1 is 1.56 bits per heavy atom. The Kier molecular flexibility index (Phi) is 3.08. The molecule has 2 rings (SSSR count). The molecule has 0 amide bonds. The van der Waals surface area contributed by atoms with Gasteiger partial charge in [0.05, 0.1) is 11.7 Å². The second-order valence-corrected chi connectivity index (χ2v) is 5.85. The Morgan fingerprint density at radius 3 is 3.00 bits per heavy atom. The third-order valence-electron chi connectivity index (χ3n) is 2.48. The van der Waals surface area contributed by atoms with E-state index in [1.54, 1.807) is 10.9 Å². The molecule has 86 valence electrons. The fraction of sp³-hybridized carbons (Fsp3) is 0.455. The molecule has 0 unspecified atom stereocenters. The van der Waals surface area contributed by atoms with Crippen LogP contribution < -0.4 is 5.56 Å². The van der Waals surface area contributed by atoms with Crippen molar-refractivity contribution in [2.45, 2.75) is 20.4 Å². The first-order valence-corrected chi connectivity index (χ1v) is 6.58. The Hall–Kier alpha value is -0.810. The summed E-state index contributed by atoms with van der Waals surface area (Å²) < 4.78 is 1.67. The maximum atomic E-state index is 12.1. The Labute approximate surface area is 104 Å². The lowest BCUT2D eigenvalue weighted by atomic mass is 9.96. The van der Waals surface area contributed by atoms with Gasteiger partial charge < -0.3 is 0 Å². The number of fused-ring (bicyclic) bond motifs is 1.